The molecule has 0 aromatic carbocycles. The van der Waals surface area contributed by atoms with Crippen LogP contribution < -0.4 is 5.73 Å². The summed E-state index contributed by atoms with van der Waals surface area (Å²) in [6.07, 6.45) is 3.69. The Bertz CT molecular complexity index is 427. The van der Waals surface area contributed by atoms with Crippen LogP contribution in [0.15, 0.2) is 0 Å². The highest BCUT2D eigenvalue weighted by atomic mass is 16.2. The van der Waals surface area contributed by atoms with Crippen LogP contribution in [0.4, 0.5) is 0 Å². The molecule has 1 unspecified atom stereocenters. The fraction of sp³-hybridized carbons (Fsp3) is 0.615. The molecule has 0 aromatic rings. The molecular formula is C13H17NO5. The summed E-state index contributed by atoms with van der Waals surface area (Å²) in [7, 11) is 0. The van der Waals surface area contributed by atoms with Crippen LogP contribution >= 0.6 is 0 Å². The predicted octanol–water partition coefficient (Wildman–Crippen LogP) is 0.109. The second-order valence-electron chi connectivity index (χ2n) is 4.71. The Morgan fingerprint density at radius 1 is 0.895 bits per heavy atom. The van der Waals surface area contributed by atoms with E-state index in [1.807, 2.05) is 0 Å². The van der Waals surface area contributed by atoms with E-state index in [9.17, 15) is 24.0 Å². The highest BCUT2D eigenvalue weighted by Gasteiger charge is 2.35. The van der Waals surface area contributed by atoms with Crippen LogP contribution in [0.2, 0.25) is 0 Å². The molecule has 0 spiro atoms. The first-order valence-corrected chi connectivity index (χ1v) is 6.40. The number of carbonyl (C=O) groups excluding carboxylic acids is 5. The monoisotopic (exact) mass is 267 g/mol. The standard InChI is InChI=1S/C13H17NO5/c14-13(19)8-6-4-2-1-3-5-7-9(15)11(17)12(18)10(8)16/h8H,1-7H2,(H2,14,19). The average molecular weight is 267 g/mol. The summed E-state index contributed by atoms with van der Waals surface area (Å²) in [6, 6.07) is 0. The van der Waals surface area contributed by atoms with Gasteiger partial charge in [0, 0.05) is 6.42 Å². The minimum atomic E-state index is -1.41. The molecule has 1 amide bonds. The van der Waals surface area contributed by atoms with E-state index in [1.165, 1.54) is 0 Å². The third-order valence-corrected chi connectivity index (χ3v) is 3.24. The molecule has 104 valence electrons. The maximum Gasteiger partial charge on any atom is 0.272 e. The van der Waals surface area contributed by atoms with E-state index in [0.29, 0.717) is 12.8 Å². The summed E-state index contributed by atoms with van der Waals surface area (Å²) in [6.45, 7) is 0. The zero-order valence-corrected chi connectivity index (χ0v) is 10.6. The molecule has 0 aromatic heterocycles. The molecule has 0 heterocycles. The third kappa shape index (κ3) is 4.08. The first-order chi connectivity index (χ1) is 8.95. The molecule has 6 nitrogen and oxygen atoms in total. The summed E-state index contributed by atoms with van der Waals surface area (Å²) >= 11 is 0. The van der Waals surface area contributed by atoms with Crippen LogP contribution in [0.5, 0.6) is 0 Å². The van der Waals surface area contributed by atoms with Crippen molar-refractivity contribution in [2.75, 3.05) is 0 Å². The molecule has 19 heavy (non-hydrogen) atoms. The van der Waals surface area contributed by atoms with Crippen LogP contribution in [0.25, 0.3) is 0 Å². The first kappa shape index (κ1) is 15.2. The van der Waals surface area contributed by atoms with Crippen molar-refractivity contribution in [1.82, 2.24) is 0 Å². The van der Waals surface area contributed by atoms with Crippen molar-refractivity contribution in [2.45, 2.75) is 44.9 Å². The molecule has 1 aliphatic rings. The molecule has 0 bridgehead atoms. The van der Waals surface area contributed by atoms with Gasteiger partial charge in [0.1, 0.15) is 5.92 Å². The average Bonchev–Trinajstić information content (AvgIpc) is 2.37. The zero-order valence-electron chi connectivity index (χ0n) is 10.6. The molecule has 0 saturated heterocycles. The minimum Gasteiger partial charge on any atom is -0.369 e. The lowest BCUT2D eigenvalue weighted by Crippen LogP contribution is -2.40. The normalized spacial score (nSPS) is 23.7. The Morgan fingerprint density at radius 3 is 2.11 bits per heavy atom. The number of Topliss-reactive ketones (excluding diaryl/α,β-unsaturated/α-hetero) is 4. The quantitative estimate of drug-likeness (QED) is 0.535. The van der Waals surface area contributed by atoms with Crippen molar-refractivity contribution >= 4 is 29.0 Å². The molecule has 1 aliphatic carbocycles. The summed E-state index contributed by atoms with van der Waals surface area (Å²) in [5.74, 6) is -6.95. The maximum atomic E-state index is 11.7. The van der Waals surface area contributed by atoms with Crippen molar-refractivity contribution < 1.29 is 24.0 Å². The van der Waals surface area contributed by atoms with Crippen LogP contribution in [-0.4, -0.2) is 29.0 Å². The van der Waals surface area contributed by atoms with E-state index in [1.54, 1.807) is 0 Å². The Kier molecular flexibility index (Phi) is 5.54. The van der Waals surface area contributed by atoms with E-state index >= 15 is 0 Å². The highest BCUT2D eigenvalue weighted by molar-refractivity contribution is 6.78. The van der Waals surface area contributed by atoms with Gasteiger partial charge in [-0.1, -0.05) is 25.7 Å². The Hall–Kier alpha value is -1.85. The fourth-order valence-electron chi connectivity index (χ4n) is 2.08. The second kappa shape index (κ2) is 6.92. The summed E-state index contributed by atoms with van der Waals surface area (Å²) in [5, 5.41) is 0. The SMILES string of the molecule is NC(=O)C1CCCCCCCC(=O)C(=O)C(=O)C1=O. The largest absolute Gasteiger partial charge is 0.369 e. The van der Waals surface area contributed by atoms with Gasteiger partial charge in [0.25, 0.3) is 11.6 Å². The van der Waals surface area contributed by atoms with Gasteiger partial charge >= 0.3 is 0 Å². The number of nitrogens with two attached hydrogens (primary N) is 1. The lowest BCUT2D eigenvalue weighted by molar-refractivity contribution is -0.150. The summed E-state index contributed by atoms with van der Waals surface area (Å²) in [4.78, 5) is 57.4. The lowest BCUT2D eigenvalue weighted by atomic mass is 9.90. The molecule has 1 atom stereocenters. The maximum absolute atomic E-state index is 11.7. The van der Waals surface area contributed by atoms with Gasteiger partial charge in [-0.2, -0.15) is 0 Å². The lowest BCUT2D eigenvalue weighted by Gasteiger charge is -2.11. The first-order valence-electron chi connectivity index (χ1n) is 6.40. The van der Waals surface area contributed by atoms with Crippen molar-refractivity contribution in [2.24, 2.45) is 11.7 Å². The Balaban J connectivity index is 2.90. The van der Waals surface area contributed by atoms with Crippen LogP contribution in [0.1, 0.15) is 44.9 Å². The number of hydrogen-bond donors (Lipinski definition) is 1. The highest BCUT2D eigenvalue weighted by Crippen LogP contribution is 2.15. The van der Waals surface area contributed by atoms with Crippen molar-refractivity contribution in [1.29, 1.82) is 0 Å². The molecule has 1 saturated carbocycles. The number of rotatable bonds is 1. The predicted molar refractivity (Wildman–Crippen MR) is 65.0 cm³/mol. The van der Waals surface area contributed by atoms with Crippen LogP contribution in [0, 0.1) is 5.92 Å². The van der Waals surface area contributed by atoms with Crippen molar-refractivity contribution in [3.63, 3.8) is 0 Å². The van der Waals surface area contributed by atoms with E-state index in [-0.39, 0.29) is 12.8 Å². The van der Waals surface area contributed by atoms with Crippen LogP contribution in [-0.2, 0) is 24.0 Å². The van der Waals surface area contributed by atoms with E-state index in [0.717, 1.165) is 19.3 Å². The van der Waals surface area contributed by atoms with Crippen molar-refractivity contribution in [3.8, 4) is 0 Å². The Morgan fingerprint density at radius 2 is 1.47 bits per heavy atom. The molecule has 1 rings (SSSR count). The number of amides is 1. The Labute approximate surface area is 110 Å². The van der Waals surface area contributed by atoms with Gasteiger partial charge in [-0.3, -0.25) is 24.0 Å². The smallest absolute Gasteiger partial charge is 0.272 e. The van der Waals surface area contributed by atoms with Gasteiger partial charge in [0.05, 0.1) is 0 Å². The minimum absolute atomic E-state index is 0.0287. The molecule has 2 N–H and O–H groups in total. The van der Waals surface area contributed by atoms with Gasteiger partial charge in [0.15, 0.2) is 0 Å². The molecule has 1 fully saturated rings. The topological polar surface area (TPSA) is 111 Å². The summed E-state index contributed by atoms with van der Waals surface area (Å²) in [5.41, 5.74) is 5.07. The zero-order chi connectivity index (χ0) is 14.4. The fourth-order valence-corrected chi connectivity index (χ4v) is 2.08. The van der Waals surface area contributed by atoms with Gasteiger partial charge in [-0.15, -0.1) is 0 Å². The van der Waals surface area contributed by atoms with Gasteiger partial charge < -0.3 is 5.73 Å². The number of hydrogen-bond acceptors (Lipinski definition) is 5. The number of primary amides is 1. The second-order valence-corrected chi connectivity index (χ2v) is 4.71. The van der Waals surface area contributed by atoms with Gasteiger partial charge in [-0.25, -0.2) is 0 Å². The van der Waals surface area contributed by atoms with E-state index in [4.69, 9.17) is 5.73 Å². The van der Waals surface area contributed by atoms with Gasteiger partial charge in [-0.05, 0) is 12.8 Å². The van der Waals surface area contributed by atoms with E-state index < -0.39 is 35.0 Å². The van der Waals surface area contributed by atoms with Gasteiger partial charge in [0.2, 0.25) is 17.5 Å². The van der Waals surface area contributed by atoms with E-state index in [2.05, 4.69) is 0 Å². The third-order valence-electron chi connectivity index (χ3n) is 3.24. The van der Waals surface area contributed by atoms with Crippen molar-refractivity contribution in [3.05, 3.63) is 0 Å². The number of ketones is 4. The molecule has 0 radical (unpaired) electrons. The van der Waals surface area contributed by atoms with Crippen LogP contribution in [0.3, 0.4) is 0 Å². The molecule has 6 heteroatoms. The number of carbonyl (C=O) groups is 5. The summed E-state index contributed by atoms with van der Waals surface area (Å²) < 4.78 is 0. The molecular weight excluding hydrogens is 250 g/mol. The molecule has 0 aliphatic heterocycles.